The third-order valence-corrected chi connectivity index (χ3v) is 7.24. The summed E-state index contributed by atoms with van der Waals surface area (Å²) < 4.78 is 32.3. The molecule has 0 aliphatic carbocycles. The van der Waals surface area contributed by atoms with Crippen LogP contribution in [0.15, 0.2) is 53.4 Å². The van der Waals surface area contributed by atoms with E-state index < -0.39 is 10.0 Å². The SMILES string of the molecule is COc1ccccc1N(C)C(=O)CCc1ccc(S(=O)(=O)N2CCCCC2)cc1. The van der Waals surface area contributed by atoms with Crippen LogP contribution < -0.4 is 9.64 Å². The van der Waals surface area contributed by atoms with Gasteiger partial charge in [0, 0.05) is 26.6 Å². The van der Waals surface area contributed by atoms with Crippen molar-refractivity contribution in [3.05, 3.63) is 54.1 Å². The molecule has 0 spiro atoms. The lowest BCUT2D eigenvalue weighted by atomic mass is 10.1. The lowest BCUT2D eigenvalue weighted by Crippen LogP contribution is -2.35. The molecule has 1 fully saturated rings. The normalized spacial score (nSPS) is 15.1. The van der Waals surface area contributed by atoms with E-state index in [0.717, 1.165) is 30.5 Å². The Hall–Kier alpha value is -2.38. The summed E-state index contributed by atoms with van der Waals surface area (Å²) >= 11 is 0. The van der Waals surface area contributed by atoms with Gasteiger partial charge in [0.25, 0.3) is 0 Å². The van der Waals surface area contributed by atoms with Crippen molar-refractivity contribution in [1.29, 1.82) is 0 Å². The van der Waals surface area contributed by atoms with E-state index in [1.165, 1.54) is 0 Å². The van der Waals surface area contributed by atoms with Gasteiger partial charge in [-0.15, -0.1) is 0 Å². The summed E-state index contributed by atoms with van der Waals surface area (Å²) in [5, 5.41) is 0. The number of sulfonamides is 1. The molecule has 0 radical (unpaired) electrons. The Kier molecular flexibility index (Phi) is 6.92. The van der Waals surface area contributed by atoms with Crippen LogP contribution >= 0.6 is 0 Å². The molecule has 1 aliphatic heterocycles. The summed E-state index contributed by atoms with van der Waals surface area (Å²) in [6.45, 7) is 1.18. The average Bonchev–Trinajstić information content (AvgIpc) is 2.77. The number of carbonyl (C=O) groups is 1. The largest absolute Gasteiger partial charge is 0.495 e. The summed E-state index contributed by atoms with van der Waals surface area (Å²) in [6.07, 6.45) is 3.79. The van der Waals surface area contributed by atoms with Crippen LogP contribution in [0.4, 0.5) is 5.69 Å². The first kappa shape index (κ1) is 21.3. The van der Waals surface area contributed by atoms with Gasteiger partial charge in [-0.05, 0) is 49.1 Å². The molecular formula is C22H28N2O4S. The second-order valence-corrected chi connectivity index (χ2v) is 9.17. The molecule has 3 rings (SSSR count). The van der Waals surface area contributed by atoms with Crippen LogP contribution in [0.3, 0.4) is 0 Å². The first-order chi connectivity index (χ1) is 13.9. The van der Waals surface area contributed by atoms with Crippen LogP contribution in [0, 0.1) is 0 Å². The molecule has 29 heavy (non-hydrogen) atoms. The molecule has 1 heterocycles. The van der Waals surface area contributed by atoms with Crippen LogP contribution in [0.1, 0.15) is 31.2 Å². The second kappa shape index (κ2) is 9.41. The minimum absolute atomic E-state index is 0.0282. The number of anilines is 1. The Bertz CT molecular complexity index is 936. The number of benzene rings is 2. The molecule has 1 saturated heterocycles. The zero-order valence-electron chi connectivity index (χ0n) is 17.0. The topological polar surface area (TPSA) is 66.9 Å². The number of piperidine rings is 1. The van der Waals surface area contributed by atoms with Crippen molar-refractivity contribution in [3.8, 4) is 5.75 Å². The van der Waals surface area contributed by atoms with Gasteiger partial charge < -0.3 is 9.64 Å². The molecule has 6 nitrogen and oxygen atoms in total. The maximum Gasteiger partial charge on any atom is 0.243 e. The lowest BCUT2D eigenvalue weighted by molar-refractivity contribution is -0.118. The summed E-state index contributed by atoms with van der Waals surface area (Å²) in [5.41, 5.74) is 1.66. The molecular weight excluding hydrogens is 388 g/mol. The molecule has 2 aromatic rings. The first-order valence-electron chi connectivity index (χ1n) is 9.92. The average molecular weight is 417 g/mol. The fourth-order valence-electron chi connectivity index (χ4n) is 3.54. The highest BCUT2D eigenvalue weighted by Gasteiger charge is 2.25. The van der Waals surface area contributed by atoms with Gasteiger partial charge in [-0.3, -0.25) is 4.79 Å². The Morgan fingerprint density at radius 3 is 2.34 bits per heavy atom. The highest BCUT2D eigenvalue weighted by Crippen LogP contribution is 2.27. The minimum Gasteiger partial charge on any atom is -0.495 e. The Morgan fingerprint density at radius 2 is 1.69 bits per heavy atom. The number of carbonyl (C=O) groups excluding carboxylic acids is 1. The Labute approximate surface area is 173 Å². The number of hydrogen-bond donors (Lipinski definition) is 0. The summed E-state index contributed by atoms with van der Waals surface area (Å²) in [7, 11) is -0.112. The number of hydrogen-bond acceptors (Lipinski definition) is 4. The predicted molar refractivity (Wildman–Crippen MR) is 114 cm³/mol. The number of ether oxygens (including phenoxy) is 1. The van der Waals surface area contributed by atoms with E-state index in [9.17, 15) is 13.2 Å². The molecule has 0 atom stereocenters. The van der Waals surface area contributed by atoms with E-state index in [1.807, 2.05) is 24.3 Å². The van der Waals surface area contributed by atoms with Crippen LogP contribution in [0.2, 0.25) is 0 Å². The molecule has 1 amide bonds. The third kappa shape index (κ3) is 4.97. The number of nitrogens with zero attached hydrogens (tertiary/aromatic N) is 2. The van der Waals surface area contributed by atoms with Gasteiger partial charge in [-0.1, -0.05) is 30.7 Å². The van der Waals surface area contributed by atoms with Crippen molar-refractivity contribution in [2.24, 2.45) is 0 Å². The molecule has 0 unspecified atom stereocenters. The number of para-hydroxylation sites is 2. The highest BCUT2D eigenvalue weighted by atomic mass is 32.2. The van der Waals surface area contributed by atoms with E-state index in [1.54, 1.807) is 47.6 Å². The zero-order chi connectivity index (χ0) is 20.9. The maximum atomic E-state index is 12.7. The second-order valence-electron chi connectivity index (χ2n) is 7.23. The number of aryl methyl sites for hydroxylation is 1. The number of amides is 1. The maximum absolute atomic E-state index is 12.7. The van der Waals surface area contributed by atoms with E-state index in [2.05, 4.69) is 0 Å². The standard InChI is InChI=1S/C22H28N2O4S/c1-23(20-8-4-5-9-21(20)28-2)22(25)15-12-18-10-13-19(14-11-18)29(26,27)24-16-6-3-7-17-24/h4-5,8-11,13-14H,3,6-7,12,15-17H2,1-2H3. The van der Waals surface area contributed by atoms with Crippen molar-refractivity contribution in [1.82, 2.24) is 4.31 Å². The van der Waals surface area contributed by atoms with Gasteiger partial charge in [0.1, 0.15) is 5.75 Å². The molecule has 1 aliphatic rings. The number of methoxy groups -OCH3 is 1. The van der Waals surface area contributed by atoms with E-state index >= 15 is 0 Å². The Morgan fingerprint density at radius 1 is 1.03 bits per heavy atom. The van der Waals surface area contributed by atoms with E-state index in [-0.39, 0.29) is 5.91 Å². The monoisotopic (exact) mass is 416 g/mol. The molecule has 2 aromatic carbocycles. The summed E-state index contributed by atoms with van der Waals surface area (Å²) in [6, 6.07) is 14.3. The van der Waals surface area contributed by atoms with Gasteiger partial charge in [0.15, 0.2) is 0 Å². The molecule has 7 heteroatoms. The molecule has 0 saturated carbocycles. The van der Waals surface area contributed by atoms with Crippen molar-refractivity contribution in [3.63, 3.8) is 0 Å². The van der Waals surface area contributed by atoms with Gasteiger partial charge in [-0.25, -0.2) is 8.42 Å². The molecule has 0 aromatic heterocycles. The van der Waals surface area contributed by atoms with Crippen molar-refractivity contribution < 1.29 is 17.9 Å². The summed E-state index contributed by atoms with van der Waals surface area (Å²) in [4.78, 5) is 14.5. The van der Waals surface area contributed by atoms with Crippen molar-refractivity contribution >= 4 is 21.6 Å². The van der Waals surface area contributed by atoms with E-state index in [0.29, 0.717) is 36.6 Å². The van der Waals surface area contributed by atoms with Crippen molar-refractivity contribution in [2.75, 3.05) is 32.1 Å². The Balaban J connectivity index is 1.62. The van der Waals surface area contributed by atoms with Gasteiger partial charge in [0.2, 0.25) is 15.9 Å². The van der Waals surface area contributed by atoms with Gasteiger partial charge >= 0.3 is 0 Å². The zero-order valence-corrected chi connectivity index (χ0v) is 17.8. The fraction of sp³-hybridized carbons (Fsp3) is 0.409. The fourth-order valence-corrected chi connectivity index (χ4v) is 5.06. The predicted octanol–water partition coefficient (Wildman–Crippen LogP) is 3.47. The van der Waals surface area contributed by atoms with Crippen LogP contribution in [0.25, 0.3) is 0 Å². The number of rotatable bonds is 7. The van der Waals surface area contributed by atoms with Crippen LogP contribution in [-0.2, 0) is 21.2 Å². The van der Waals surface area contributed by atoms with Gasteiger partial charge in [-0.2, -0.15) is 4.31 Å². The lowest BCUT2D eigenvalue weighted by Gasteiger charge is -2.25. The quantitative estimate of drug-likeness (QED) is 0.693. The minimum atomic E-state index is -3.42. The van der Waals surface area contributed by atoms with E-state index in [4.69, 9.17) is 4.74 Å². The van der Waals surface area contributed by atoms with Crippen molar-refractivity contribution in [2.45, 2.75) is 37.0 Å². The molecule has 156 valence electrons. The van der Waals surface area contributed by atoms with Gasteiger partial charge in [0.05, 0.1) is 17.7 Å². The highest BCUT2D eigenvalue weighted by molar-refractivity contribution is 7.89. The van der Waals surface area contributed by atoms with Crippen LogP contribution in [0.5, 0.6) is 5.75 Å². The van der Waals surface area contributed by atoms with Crippen LogP contribution in [-0.4, -0.2) is 45.9 Å². The molecule has 0 bridgehead atoms. The first-order valence-corrected chi connectivity index (χ1v) is 11.4. The summed E-state index contributed by atoms with van der Waals surface area (Å²) in [5.74, 6) is 0.620. The smallest absolute Gasteiger partial charge is 0.243 e. The molecule has 0 N–H and O–H groups in total. The third-order valence-electron chi connectivity index (χ3n) is 5.32.